The van der Waals surface area contributed by atoms with Crippen molar-refractivity contribution < 1.29 is 34.1 Å². The molecule has 0 saturated carbocycles. The molecule has 14 heteroatoms. The van der Waals surface area contributed by atoms with Crippen molar-refractivity contribution >= 4 is 23.6 Å². The summed E-state index contributed by atoms with van der Waals surface area (Å²) < 4.78 is 5.73. The highest BCUT2D eigenvalue weighted by molar-refractivity contribution is 5.89. The standard InChI is InChI=1S/C23H33N7O7/c1-12(31)30-5-4-28-10-15(30)22(35)26-8-17-21(34)20(33)16(37-17)7-19(32)27-13-6-14(23(28)36)29(9-13)11-18-24-2-3-25-18/h2-3,13-17,20-21,33-34H,4-11H2,1H3,(H,24,25)(H,26,35)(H,27,32)/t13-,14-,15-,16-,17+,20-,21+/m0/s1. The van der Waals surface area contributed by atoms with Crippen LogP contribution in [0.1, 0.15) is 25.6 Å². The van der Waals surface area contributed by atoms with Crippen LogP contribution in [0.15, 0.2) is 12.4 Å². The zero-order valence-corrected chi connectivity index (χ0v) is 20.6. The third kappa shape index (κ3) is 5.19. The first-order valence-electron chi connectivity index (χ1n) is 12.6. The topological polar surface area (TPSA) is 180 Å². The summed E-state index contributed by atoms with van der Waals surface area (Å²) in [4.78, 5) is 64.3. The van der Waals surface area contributed by atoms with Crippen molar-refractivity contribution in [2.24, 2.45) is 0 Å². The first kappa shape index (κ1) is 25.6. The van der Waals surface area contributed by atoms with Gasteiger partial charge in [0.1, 0.15) is 30.2 Å². The van der Waals surface area contributed by atoms with E-state index in [2.05, 4.69) is 20.6 Å². The Morgan fingerprint density at radius 1 is 1.14 bits per heavy atom. The number of hydrogen-bond donors (Lipinski definition) is 5. The van der Waals surface area contributed by atoms with E-state index in [9.17, 15) is 29.4 Å². The fourth-order valence-electron chi connectivity index (χ4n) is 5.76. The van der Waals surface area contributed by atoms with Crippen LogP contribution in [-0.4, -0.2) is 134 Å². The molecule has 4 fully saturated rings. The minimum Gasteiger partial charge on any atom is -0.388 e. The maximum Gasteiger partial charge on any atom is 0.244 e. The molecule has 5 heterocycles. The van der Waals surface area contributed by atoms with Gasteiger partial charge in [-0.05, 0) is 6.42 Å². The molecule has 4 amide bonds. The van der Waals surface area contributed by atoms with E-state index in [1.165, 1.54) is 11.8 Å². The number of aromatic amines is 1. The molecule has 7 atom stereocenters. The Labute approximate surface area is 213 Å². The number of amides is 4. The van der Waals surface area contributed by atoms with Gasteiger partial charge in [0, 0.05) is 51.5 Å². The summed E-state index contributed by atoms with van der Waals surface area (Å²) in [5.41, 5.74) is 0. The van der Waals surface area contributed by atoms with Gasteiger partial charge >= 0.3 is 0 Å². The minimum absolute atomic E-state index is 0.0195. The molecule has 6 bridgehead atoms. The highest BCUT2D eigenvalue weighted by atomic mass is 16.5. The molecule has 1 aromatic heterocycles. The SMILES string of the molecule is CC(=O)N1CCN2C[C@H]1C(=O)NC[C@H]1O[C@@H](CC(=O)N[C@H]3C[C@@H](C2=O)N(Cc2ncc[nH]2)C3)[C@H](O)[C@@H]1O. The average Bonchev–Trinajstić information content (AvgIpc) is 3.58. The van der Waals surface area contributed by atoms with Crippen molar-refractivity contribution in [3.8, 4) is 0 Å². The predicted octanol–water partition coefficient (Wildman–Crippen LogP) is -3.46. The van der Waals surface area contributed by atoms with Crippen LogP contribution < -0.4 is 10.6 Å². The quantitative estimate of drug-likeness (QED) is 0.265. The zero-order chi connectivity index (χ0) is 26.3. The van der Waals surface area contributed by atoms with Crippen LogP contribution in [0.5, 0.6) is 0 Å². The summed E-state index contributed by atoms with van der Waals surface area (Å²) in [5, 5.41) is 26.5. The maximum absolute atomic E-state index is 13.7. The summed E-state index contributed by atoms with van der Waals surface area (Å²) in [7, 11) is 0. The third-order valence-corrected chi connectivity index (χ3v) is 7.69. The third-order valence-electron chi connectivity index (χ3n) is 7.69. The van der Waals surface area contributed by atoms with Crippen molar-refractivity contribution in [2.75, 3.05) is 32.7 Å². The van der Waals surface area contributed by atoms with Crippen LogP contribution in [0.25, 0.3) is 0 Å². The van der Waals surface area contributed by atoms with E-state index in [1.807, 2.05) is 4.90 Å². The lowest BCUT2D eigenvalue weighted by atomic mass is 10.0. The lowest BCUT2D eigenvalue weighted by molar-refractivity contribution is -0.149. The van der Waals surface area contributed by atoms with E-state index in [1.54, 1.807) is 17.3 Å². The molecule has 37 heavy (non-hydrogen) atoms. The molecule has 4 aliphatic rings. The van der Waals surface area contributed by atoms with Gasteiger partial charge in [-0.25, -0.2) is 4.98 Å². The van der Waals surface area contributed by atoms with Gasteiger partial charge in [0.2, 0.25) is 23.6 Å². The predicted molar refractivity (Wildman–Crippen MR) is 125 cm³/mol. The van der Waals surface area contributed by atoms with E-state index in [-0.39, 0.29) is 56.4 Å². The van der Waals surface area contributed by atoms with Crippen molar-refractivity contribution in [3.63, 3.8) is 0 Å². The number of imidazole rings is 1. The molecule has 0 unspecified atom stereocenters. The molecule has 4 aliphatic heterocycles. The second-order valence-electron chi connectivity index (χ2n) is 10.1. The number of aliphatic hydroxyl groups is 2. The molecule has 5 rings (SSSR count). The number of likely N-dealkylation sites (tertiary alicyclic amines) is 1. The van der Waals surface area contributed by atoms with E-state index in [0.717, 1.165) is 0 Å². The second-order valence-corrected chi connectivity index (χ2v) is 10.1. The Kier molecular flexibility index (Phi) is 7.16. The molecule has 1 aromatic rings. The van der Waals surface area contributed by atoms with Gasteiger partial charge in [-0.3, -0.25) is 24.1 Å². The summed E-state index contributed by atoms with van der Waals surface area (Å²) >= 11 is 0. The number of rotatable bonds is 2. The Balaban J connectivity index is 1.42. The van der Waals surface area contributed by atoms with E-state index < -0.39 is 42.4 Å². The number of fused-ring (bicyclic) bond motifs is 6. The molecule has 0 aromatic carbocycles. The van der Waals surface area contributed by atoms with Crippen molar-refractivity contribution in [1.29, 1.82) is 0 Å². The van der Waals surface area contributed by atoms with Crippen LogP contribution in [0, 0.1) is 0 Å². The minimum atomic E-state index is -1.30. The van der Waals surface area contributed by atoms with E-state index >= 15 is 0 Å². The van der Waals surface area contributed by atoms with Gasteiger partial charge in [-0.15, -0.1) is 0 Å². The van der Waals surface area contributed by atoms with Crippen LogP contribution >= 0.6 is 0 Å². The average molecular weight is 520 g/mol. The highest BCUT2D eigenvalue weighted by Crippen LogP contribution is 2.26. The summed E-state index contributed by atoms with van der Waals surface area (Å²) in [6.45, 7) is 2.53. The van der Waals surface area contributed by atoms with Gasteiger partial charge < -0.3 is 40.4 Å². The van der Waals surface area contributed by atoms with E-state index in [0.29, 0.717) is 25.3 Å². The first-order valence-corrected chi connectivity index (χ1v) is 12.6. The van der Waals surface area contributed by atoms with Crippen LogP contribution in [0.4, 0.5) is 0 Å². The molecule has 0 aliphatic carbocycles. The number of aromatic nitrogens is 2. The monoisotopic (exact) mass is 519 g/mol. The number of aliphatic hydroxyl groups excluding tert-OH is 2. The summed E-state index contributed by atoms with van der Waals surface area (Å²) in [6, 6.07) is -1.80. The molecular weight excluding hydrogens is 486 g/mol. The van der Waals surface area contributed by atoms with Gasteiger partial charge in [0.25, 0.3) is 0 Å². The lowest BCUT2D eigenvalue weighted by Gasteiger charge is -2.41. The maximum atomic E-state index is 13.7. The van der Waals surface area contributed by atoms with Crippen molar-refractivity contribution in [1.82, 2.24) is 35.3 Å². The van der Waals surface area contributed by atoms with E-state index in [4.69, 9.17) is 4.74 Å². The second kappa shape index (κ2) is 10.4. The normalized spacial score (nSPS) is 35.4. The lowest BCUT2D eigenvalue weighted by Crippen LogP contribution is -2.63. The Morgan fingerprint density at radius 2 is 1.92 bits per heavy atom. The molecule has 202 valence electrons. The smallest absolute Gasteiger partial charge is 0.244 e. The zero-order valence-electron chi connectivity index (χ0n) is 20.6. The fraction of sp³-hybridized carbons (Fsp3) is 0.696. The number of ether oxygens (including phenoxy) is 1. The fourth-order valence-corrected chi connectivity index (χ4v) is 5.76. The van der Waals surface area contributed by atoms with Gasteiger partial charge in [-0.2, -0.15) is 0 Å². The number of carbonyl (C=O) groups is 4. The molecule has 4 saturated heterocycles. The van der Waals surface area contributed by atoms with Crippen molar-refractivity contribution in [2.45, 2.75) is 68.9 Å². The number of nitrogens with zero attached hydrogens (tertiary/aromatic N) is 4. The van der Waals surface area contributed by atoms with Crippen LogP contribution in [0.2, 0.25) is 0 Å². The number of carbonyl (C=O) groups excluding carboxylic acids is 4. The Hall–Kier alpha value is -3.07. The number of piperazine rings is 1. The molecular formula is C23H33N7O7. The van der Waals surface area contributed by atoms with Gasteiger partial charge in [-0.1, -0.05) is 0 Å². The number of H-pyrrole nitrogens is 1. The summed E-state index contributed by atoms with van der Waals surface area (Å²) in [5.74, 6) is -0.623. The molecule has 0 spiro atoms. The van der Waals surface area contributed by atoms with Crippen LogP contribution in [0.3, 0.4) is 0 Å². The van der Waals surface area contributed by atoms with Crippen molar-refractivity contribution in [3.05, 3.63) is 18.2 Å². The van der Waals surface area contributed by atoms with Gasteiger partial charge in [0.15, 0.2) is 0 Å². The Bertz CT molecular complexity index is 1040. The first-order chi connectivity index (χ1) is 17.7. The Morgan fingerprint density at radius 3 is 2.65 bits per heavy atom. The molecule has 0 radical (unpaired) electrons. The molecule has 5 N–H and O–H groups in total. The number of nitrogens with one attached hydrogen (secondary N) is 3. The number of hydrogen-bond acceptors (Lipinski definition) is 9. The highest BCUT2D eigenvalue weighted by Gasteiger charge is 2.46. The summed E-state index contributed by atoms with van der Waals surface area (Å²) in [6.07, 6.45) is -0.948. The van der Waals surface area contributed by atoms with Gasteiger partial charge in [0.05, 0.1) is 31.7 Å². The largest absolute Gasteiger partial charge is 0.388 e. The molecule has 14 nitrogen and oxygen atoms in total. The van der Waals surface area contributed by atoms with Crippen LogP contribution in [-0.2, 0) is 30.5 Å².